The Hall–Kier alpha value is -2.83. The first-order chi connectivity index (χ1) is 11.5. The molecule has 0 radical (unpaired) electrons. The van der Waals surface area contributed by atoms with Crippen LogP contribution in [-0.2, 0) is 0 Å². The molecule has 2 heterocycles. The van der Waals surface area contributed by atoms with Crippen molar-refractivity contribution < 1.29 is 14.3 Å². The third-order valence-electron chi connectivity index (χ3n) is 3.31. The summed E-state index contributed by atoms with van der Waals surface area (Å²) in [5.74, 6) is 2.17. The third kappa shape index (κ3) is 3.73. The lowest BCUT2D eigenvalue weighted by molar-refractivity contribution is 0.102. The van der Waals surface area contributed by atoms with E-state index in [1.165, 1.54) is 0 Å². The van der Waals surface area contributed by atoms with Gasteiger partial charge in [0.25, 0.3) is 5.91 Å². The van der Waals surface area contributed by atoms with Crippen LogP contribution in [-0.4, -0.2) is 35.1 Å². The standard InChI is InChI=1S/C17H20N4O3/c1-10(2)18-16-9-13(19-11(3)20-16)17(22)21-12-4-5-14-15(8-12)24-7-6-23-14/h4-5,8-10H,6-7H2,1-3H3,(H,21,22)(H,18,19,20). The molecule has 0 fully saturated rings. The highest BCUT2D eigenvalue weighted by Crippen LogP contribution is 2.32. The van der Waals surface area contributed by atoms with E-state index in [1.807, 2.05) is 13.8 Å². The highest BCUT2D eigenvalue weighted by Gasteiger charge is 2.15. The van der Waals surface area contributed by atoms with Crippen molar-refractivity contribution in [1.82, 2.24) is 9.97 Å². The molecule has 0 unspecified atom stereocenters. The molecule has 1 aliphatic heterocycles. The number of fused-ring (bicyclic) bond motifs is 1. The van der Waals surface area contributed by atoms with Gasteiger partial charge in [0.1, 0.15) is 30.5 Å². The zero-order chi connectivity index (χ0) is 17.1. The van der Waals surface area contributed by atoms with Crippen molar-refractivity contribution >= 4 is 17.4 Å². The lowest BCUT2D eigenvalue weighted by Gasteiger charge is -2.19. The van der Waals surface area contributed by atoms with Gasteiger partial charge >= 0.3 is 0 Å². The fraction of sp³-hybridized carbons (Fsp3) is 0.353. The minimum atomic E-state index is -0.302. The van der Waals surface area contributed by atoms with Gasteiger partial charge in [-0.2, -0.15) is 0 Å². The fourth-order valence-electron chi connectivity index (χ4n) is 2.37. The Morgan fingerprint density at radius 2 is 1.88 bits per heavy atom. The number of aryl methyl sites for hydroxylation is 1. The lowest BCUT2D eigenvalue weighted by atomic mass is 10.2. The van der Waals surface area contributed by atoms with E-state index in [0.29, 0.717) is 47.7 Å². The summed E-state index contributed by atoms with van der Waals surface area (Å²) in [6.45, 7) is 6.80. The number of ether oxygens (including phenoxy) is 2. The SMILES string of the molecule is Cc1nc(NC(C)C)cc(C(=O)Nc2ccc3c(c2)OCCO3)n1. The fourth-order valence-corrected chi connectivity index (χ4v) is 2.37. The molecular weight excluding hydrogens is 308 g/mol. The van der Waals surface area contributed by atoms with Gasteiger partial charge in [-0.1, -0.05) is 0 Å². The van der Waals surface area contributed by atoms with Crippen LogP contribution in [0.4, 0.5) is 11.5 Å². The van der Waals surface area contributed by atoms with Crippen molar-refractivity contribution in [3.05, 3.63) is 35.8 Å². The van der Waals surface area contributed by atoms with E-state index in [0.717, 1.165) is 0 Å². The number of hydrogen-bond acceptors (Lipinski definition) is 6. The van der Waals surface area contributed by atoms with Crippen LogP contribution >= 0.6 is 0 Å². The van der Waals surface area contributed by atoms with Gasteiger partial charge in [-0.15, -0.1) is 0 Å². The second-order valence-corrected chi connectivity index (χ2v) is 5.80. The summed E-state index contributed by atoms with van der Waals surface area (Å²) >= 11 is 0. The molecule has 0 saturated carbocycles. The summed E-state index contributed by atoms with van der Waals surface area (Å²) in [6, 6.07) is 7.15. The maximum Gasteiger partial charge on any atom is 0.274 e. The zero-order valence-electron chi connectivity index (χ0n) is 13.9. The smallest absolute Gasteiger partial charge is 0.274 e. The molecule has 2 aromatic rings. The second-order valence-electron chi connectivity index (χ2n) is 5.80. The predicted octanol–water partition coefficient (Wildman–Crippen LogP) is 2.63. The minimum absolute atomic E-state index is 0.216. The van der Waals surface area contributed by atoms with E-state index < -0.39 is 0 Å². The first kappa shape index (κ1) is 16.0. The van der Waals surface area contributed by atoms with Gasteiger partial charge in [0.05, 0.1) is 0 Å². The highest BCUT2D eigenvalue weighted by molar-refractivity contribution is 6.03. The molecule has 1 aromatic heterocycles. The summed E-state index contributed by atoms with van der Waals surface area (Å²) in [4.78, 5) is 21.0. The number of rotatable bonds is 4. The van der Waals surface area contributed by atoms with Crippen molar-refractivity contribution in [2.75, 3.05) is 23.8 Å². The molecule has 1 aliphatic rings. The van der Waals surface area contributed by atoms with Crippen LogP contribution < -0.4 is 20.1 Å². The molecule has 126 valence electrons. The van der Waals surface area contributed by atoms with Gasteiger partial charge in [0.2, 0.25) is 0 Å². The van der Waals surface area contributed by atoms with Gasteiger partial charge in [-0.3, -0.25) is 4.79 Å². The Labute approximate surface area is 140 Å². The largest absolute Gasteiger partial charge is 0.486 e. The number of nitrogens with one attached hydrogen (secondary N) is 2. The molecule has 0 aliphatic carbocycles. The van der Waals surface area contributed by atoms with E-state index in [9.17, 15) is 4.79 Å². The normalized spacial score (nSPS) is 12.8. The second kappa shape index (κ2) is 6.74. The molecular formula is C17H20N4O3. The van der Waals surface area contributed by atoms with Crippen molar-refractivity contribution in [3.63, 3.8) is 0 Å². The van der Waals surface area contributed by atoms with E-state index in [2.05, 4.69) is 20.6 Å². The number of benzene rings is 1. The maximum atomic E-state index is 12.5. The number of carbonyl (C=O) groups is 1. The minimum Gasteiger partial charge on any atom is -0.486 e. The van der Waals surface area contributed by atoms with E-state index in [4.69, 9.17) is 9.47 Å². The zero-order valence-corrected chi connectivity index (χ0v) is 13.9. The maximum absolute atomic E-state index is 12.5. The van der Waals surface area contributed by atoms with Gasteiger partial charge in [-0.25, -0.2) is 9.97 Å². The van der Waals surface area contributed by atoms with Gasteiger partial charge in [-0.05, 0) is 32.9 Å². The molecule has 0 bridgehead atoms. The van der Waals surface area contributed by atoms with Crippen LogP contribution in [0.15, 0.2) is 24.3 Å². The van der Waals surface area contributed by atoms with Gasteiger partial charge in [0.15, 0.2) is 11.5 Å². The third-order valence-corrected chi connectivity index (χ3v) is 3.31. The number of amides is 1. The quantitative estimate of drug-likeness (QED) is 0.897. The summed E-state index contributed by atoms with van der Waals surface area (Å²) in [6.07, 6.45) is 0. The number of anilines is 2. The van der Waals surface area contributed by atoms with E-state index in [-0.39, 0.29) is 11.9 Å². The molecule has 0 saturated heterocycles. The van der Waals surface area contributed by atoms with Gasteiger partial charge < -0.3 is 20.1 Å². The lowest BCUT2D eigenvalue weighted by Crippen LogP contribution is -2.18. The van der Waals surface area contributed by atoms with Crippen LogP contribution in [0.25, 0.3) is 0 Å². The molecule has 1 aromatic carbocycles. The van der Waals surface area contributed by atoms with Gasteiger partial charge in [0, 0.05) is 23.9 Å². The Morgan fingerprint density at radius 3 is 2.62 bits per heavy atom. The van der Waals surface area contributed by atoms with Crippen LogP contribution in [0.3, 0.4) is 0 Å². The van der Waals surface area contributed by atoms with Crippen LogP contribution in [0.1, 0.15) is 30.2 Å². The molecule has 1 amide bonds. The Kier molecular flexibility index (Phi) is 4.50. The molecule has 2 N–H and O–H groups in total. The predicted molar refractivity (Wildman–Crippen MR) is 90.9 cm³/mol. The average Bonchev–Trinajstić information content (AvgIpc) is 2.53. The van der Waals surface area contributed by atoms with Crippen LogP contribution in [0.2, 0.25) is 0 Å². The first-order valence-corrected chi connectivity index (χ1v) is 7.84. The Bertz CT molecular complexity index is 761. The molecule has 24 heavy (non-hydrogen) atoms. The Morgan fingerprint density at radius 1 is 1.12 bits per heavy atom. The molecule has 0 spiro atoms. The molecule has 7 heteroatoms. The van der Waals surface area contributed by atoms with E-state index >= 15 is 0 Å². The van der Waals surface area contributed by atoms with Crippen molar-refractivity contribution in [2.45, 2.75) is 26.8 Å². The Balaban J connectivity index is 1.78. The summed E-state index contributed by atoms with van der Waals surface area (Å²) < 4.78 is 11.0. The number of hydrogen-bond donors (Lipinski definition) is 2. The van der Waals surface area contributed by atoms with Crippen molar-refractivity contribution in [1.29, 1.82) is 0 Å². The average molecular weight is 328 g/mol. The molecule has 7 nitrogen and oxygen atoms in total. The monoisotopic (exact) mass is 328 g/mol. The topological polar surface area (TPSA) is 85.4 Å². The summed E-state index contributed by atoms with van der Waals surface area (Å²) in [5, 5.41) is 6.00. The van der Waals surface area contributed by atoms with Crippen molar-refractivity contribution in [2.24, 2.45) is 0 Å². The van der Waals surface area contributed by atoms with E-state index in [1.54, 1.807) is 31.2 Å². The summed E-state index contributed by atoms with van der Waals surface area (Å²) in [5.41, 5.74) is 0.930. The van der Waals surface area contributed by atoms with Crippen LogP contribution in [0.5, 0.6) is 11.5 Å². The highest BCUT2D eigenvalue weighted by atomic mass is 16.6. The first-order valence-electron chi connectivity index (χ1n) is 7.84. The molecule has 0 atom stereocenters. The van der Waals surface area contributed by atoms with Crippen molar-refractivity contribution in [3.8, 4) is 11.5 Å². The van der Waals surface area contributed by atoms with Crippen LogP contribution in [0, 0.1) is 6.92 Å². The number of nitrogens with zero attached hydrogens (tertiary/aromatic N) is 2. The number of carbonyl (C=O) groups excluding carboxylic acids is 1. The number of aromatic nitrogens is 2. The molecule has 3 rings (SSSR count). The summed E-state index contributed by atoms with van der Waals surface area (Å²) in [7, 11) is 0.